The molecule has 6 atom stereocenters. The van der Waals surface area contributed by atoms with Gasteiger partial charge in [-0.3, -0.25) is 13.8 Å². The van der Waals surface area contributed by atoms with E-state index in [2.05, 4.69) is 13.8 Å². The number of hydrogen-bond donors (Lipinski definition) is 6. The molecule has 0 amide bonds. The molecule has 0 saturated heterocycles. The molecule has 0 radical (unpaired) electrons. The first kappa shape index (κ1) is 44.4. The number of carbonyl (C=O) groups excluding carboxylic acids is 1. The summed E-state index contributed by atoms with van der Waals surface area (Å²) in [7, 11) is -4.99. The zero-order chi connectivity index (χ0) is 34.9. The predicted molar refractivity (Wildman–Crippen MR) is 180 cm³/mol. The number of rotatable bonds is 30. The van der Waals surface area contributed by atoms with Gasteiger partial charge in [0.25, 0.3) is 0 Å². The Hall–Kier alpha value is -0.660. The summed E-state index contributed by atoms with van der Waals surface area (Å²) in [5.74, 6) is -0.478. The van der Waals surface area contributed by atoms with Crippen LogP contribution in [0.15, 0.2) is 0 Å². The Morgan fingerprint density at radius 3 is 1.47 bits per heavy atom. The van der Waals surface area contributed by atoms with Crippen LogP contribution in [-0.4, -0.2) is 98.9 Å². The molecule has 12 nitrogen and oxygen atoms in total. The highest BCUT2D eigenvalue weighted by Gasteiger charge is 2.51. The van der Waals surface area contributed by atoms with Gasteiger partial charge in [0.1, 0.15) is 42.7 Å². The molecule has 47 heavy (non-hydrogen) atoms. The van der Waals surface area contributed by atoms with E-state index in [-0.39, 0.29) is 13.0 Å². The van der Waals surface area contributed by atoms with Crippen LogP contribution in [0.4, 0.5) is 0 Å². The van der Waals surface area contributed by atoms with Crippen molar-refractivity contribution >= 4 is 13.8 Å². The fourth-order valence-electron chi connectivity index (χ4n) is 5.71. The van der Waals surface area contributed by atoms with Crippen molar-refractivity contribution in [2.24, 2.45) is 0 Å². The fraction of sp³-hybridized carbons (Fsp3) is 0.971. The van der Waals surface area contributed by atoms with Crippen LogP contribution in [0.1, 0.15) is 149 Å². The van der Waals surface area contributed by atoms with Gasteiger partial charge in [-0.2, -0.15) is 0 Å². The van der Waals surface area contributed by atoms with Crippen molar-refractivity contribution in [2.45, 2.75) is 191 Å². The molecular weight excluding hydrogens is 631 g/mol. The summed E-state index contributed by atoms with van der Waals surface area (Å²) in [4.78, 5) is 22.9. The van der Waals surface area contributed by atoms with E-state index in [1.807, 2.05) is 0 Å². The number of aliphatic hydroxyl groups excluding tert-OH is 5. The molecule has 0 aromatic rings. The molecule has 1 rings (SSSR count). The van der Waals surface area contributed by atoms with E-state index >= 15 is 0 Å². The molecule has 0 aliphatic heterocycles. The molecule has 0 spiro atoms. The van der Waals surface area contributed by atoms with Gasteiger partial charge in [0.2, 0.25) is 0 Å². The van der Waals surface area contributed by atoms with E-state index in [4.69, 9.17) is 18.5 Å². The van der Waals surface area contributed by atoms with Gasteiger partial charge < -0.3 is 39.9 Å². The number of phosphoric acid groups is 1. The molecule has 1 saturated carbocycles. The Kier molecular flexibility index (Phi) is 25.6. The standard InChI is InChI=1S/C34H67O12P/c1-3-5-7-9-11-13-14-15-17-19-21-23-28(35)45-27(25-43-24-22-20-18-16-12-10-8-6-4-2)26-44-47(41,42)46-34-32(39)30(37)29(36)31(38)33(34)40/h27,29-34,36-40H,3-26H2,1-2H3,(H,41,42). The number of aliphatic hydroxyl groups is 5. The van der Waals surface area contributed by atoms with E-state index in [1.165, 1.54) is 83.5 Å². The third-order valence-corrected chi connectivity index (χ3v) is 9.72. The van der Waals surface area contributed by atoms with Crippen molar-refractivity contribution < 1.29 is 58.3 Å². The monoisotopic (exact) mass is 698 g/mol. The molecule has 0 bridgehead atoms. The molecule has 13 heteroatoms. The van der Waals surface area contributed by atoms with E-state index in [0.29, 0.717) is 13.0 Å². The van der Waals surface area contributed by atoms with Crippen molar-refractivity contribution in [3.63, 3.8) is 0 Å². The van der Waals surface area contributed by atoms with Gasteiger partial charge in [0.05, 0.1) is 13.2 Å². The maximum Gasteiger partial charge on any atom is 0.472 e. The first-order valence-electron chi connectivity index (χ1n) is 18.4. The molecule has 6 unspecified atom stereocenters. The minimum atomic E-state index is -4.99. The summed E-state index contributed by atoms with van der Waals surface area (Å²) >= 11 is 0. The van der Waals surface area contributed by atoms with Crippen LogP contribution in [0.2, 0.25) is 0 Å². The van der Waals surface area contributed by atoms with Crippen molar-refractivity contribution in [1.29, 1.82) is 0 Å². The molecule has 1 aliphatic rings. The van der Waals surface area contributed by atoms with Gasteiger partial charge in [-0.25, -0.2) is 4.57 Å². The summed E-state index contributed by atoms with van der Waals surface area (Å²) < 4.78 is 33.8. The molecule has 1 fully saturated rings. The number of ether oxygens (including phenoxy) is 2. The first-order chi connectivity index (χ1) is 22.5. The summed E-state index contributed by atoms with van der Waals surface area (Å²) in [6.45, 7) is 4.20. The fourth-order valence-corrected chi connectivity index (χ4v) is 6.68. The van der Waals surface area contributed by atoms with Gasteiger partial charge >= 0.3 is 13.8 Å². The third-order valence-electron chi connectivity index (χ3n) is 8.73. The van der Waals surface area contributed by atoms with Gasteiger partial charge in [-0.15, -0.1) is 0 Å². The van der Waals surface area contributed by atoms with Crippen molar-refractivity contribution in [3.05, 3.63) is 0 Å². The van der Waals surface area contributed by atoms with E-state index in [9.17, 15) is 39.8 Å². The van der Waals surface area contributed by atoms with Crippen LogP contribution in [0.25, 0.3) is 0 Å². The lowest BCUT2D eigenvalue weighted by atomic mass is 9.85. The molecule has 6 N–H and O–H groups in total. The first-order valence-corrected chi connectivity index (χ1v) is 19.9. The summed E-state index contributed by atoms with van der Waals surface area (Å²) in [5, 5.41) is 49.8. The molecule has 0 heterocycles. The maximum absolute atomic E-state index is 12.7. The number of carbonyl (C=O) groups is 1. The lowest BCUT2D eigenvalue weighted by molar-refractivity contribution is -0.220. The zero-order valence-corrected chi connectivity index (χ0v) is 30.0. The highest BCUT2D eigenvalue weighted by atomic mass is 31.2. The van der Waals surface area contributed by atoms with Crippen LogP contribution in [0, 0.1) is 0 Å². The van der Waals surface area contributed by atoms with Gasteiger partial charge in [-0.1, -0.05) is 129 Å². The van der Waals surface area contributed by atoms with E-state index < -0.39 is 63.1 Å². The highest BCUT2D eigenvalue weighted by molar-refractivity contribution is 7.47. The second kappa shape index (κ2) is 27.1. The number of esters is 1. The third kappa shape index (κ3) is 20.6. The largest absolute Gasteiger partial charge is 0.472 e. The average molecular weight is 699 g/mol. The Morgan fingerprint density at radius 1 is 0.596 bits per heavy atom. The molecule has 0 aromatic heterocycles. The quantitative estimate of drug-likeness (QED) is 0.0316. The van der Waals surface area contributed by atoms with Crippen LogP contribution < -0.4 is 0 Å². The number of phosphoric ester groups is 1. The minimum Gasteiger partial charge on any atom is -0.457 e. The maximum atomic E-state index is 12.7. The predicted octanol–water partition coefficient (Wildman–Crippen LogP) is 5.47. The normalized spacial score (nSPS) is 25.0. The second-order valence-electron chi connectivity index (χ2n) is 13.1. The SMILES string of the molecule is CCCCCCCCCCCCCC(=O)OC(COCCCCCCCCCCC)COP(=O)(O)OC1C(O)C(O)C(O)C(O)C1O. The lowest BCUT2D eigenvalue weighted by Gasteiger charge is -2.41. The van der Waals surface area contributed by atoms with Crippen LogP contribution in [0.5, 0.6) is 0 Å². The smallest absolute Gasteiger partial charge is 0.457 e. The Balaban J connectivity index is 2.50. The number of hydrogen-bond acceptors (Lipinski definition) is 11. The van der Waals surface area contributed by atoms with E-state index in [0.717, 1.165) is 38.5 Å². The van der Waals surface area contributed by atoms with Crippen molar-refractivity contribution in [1.82, 2.24) is 0 Å². The van der Waals surface area contributed by atoms with Crippen LogP contribution >= 0.6 is 7.82 Å². The summed E-state index contributed by atoms with van der Waals surface area (Å²) in [5.41, 5.74) is 0. The topological polar surface area (TPSA) is 192 Å². The highest BCUT2D eigenvalue weighted by Crippen LogP contribution is 2.47. The van der Waals surface area contributed by atoms with Gasteiger partial charge in [0.15, 0.2) is 0 Å². The second-order valence-corrected chi connectivity index (χ2v) is 14.5. The molecule has 1 aliphatic carbocycles. The Bertz CT molecular complexity index is 802. The minimum absolute atomic E-state index is 0.0701. The lowest BCUT2D eigenvalue weighted by Crippen LogP contribution is -2.64. The van der Waals surface area contributed by atoms with Crippen molar-refractivity contribution in [2.75, 3.05) is 19.8 Å². The molecule has 0 aromatic carbocycles. The van der Waals surface area contributed by atoms with Gasteiger partial charge in [0, 0.05) is 13.0 Å². The summed E-state index contributed by atoms with van der Waals surface area (Å²) in [6.07, 6.45) is 10.6. The van der Waals surface area contributed by atoms with Crippen LogP contribution in [0.3, 0.4) is 0 Å². The Morgan fingerprint density at radius 2 is 1.00 bits per heavy atom. The Labute approximate surface area is 283 Å². The van der Waals surface area contributed by atoms with Crippen molar-refractivity contribution in [3.8, 4) is 0 Å². The molecular formula is C34H67O12P. The number of unbranched alkanes of at least 4 members (excludes halogenated alkanes) is 18. The van der Waals surface area contributed by atoms with Gasteiger partial charge in [-0.05, 0) is 12.8 Å². The van der Waals surface area contributed by atoms with E-state index in [1.54, 1.807) is 0 Å². The molecule has 280 valence electrons. The summed E-state index contributed by atoms with van der Waals surface area (Å²) in [6, 6.07) is 0. The zero-order valence-electron chi connectivity index (χ0n) is 29.1. The average Bonchev–Trinajstić information content (AvgIpc) is 3.05. The van der Waals surface area contributed by atoms with Crippen LogP contribution in [-0.2, 0) is 27.9 Å².